The average molecular weight is 1080 g/mol. The molecule has 0 aliphatic heterocycles. The lowest BCUT2D eigenvalue weighted by Gasteiger charge is -2.44. The van der Waals surface area contributed by atoms with Gasteiger partial charge in [0, 0.05) is 26.0 Å². The first-order valence-corrected chi connectivity index (χ1v) is 50.5. The highest BCUT2D eigenvalue weighted by molar-refractivity contribution is 8.29. The van der Waals surface area contributed by atoms with Crippen molar-refractivity contribution < 1.29 is 4.43 Å². The minimum atomic E-state index is -2.21. The van der Waals surface area contributed by atoms with E-state index in [9.17, 15) is 0 Å². The first-order valence-electron chi connectivity index (χ1n) is 27.8. The lowest BCUT2D eigenvalue weighted by atomic mass is 9.68. The fourth-order valence-electron chi connectivity index (χ4n) is 10.4. The first kappa shape index (κ1) is 62.9. The third kappa shape index (κ3) is 17.6. The molecule has 0 amide bonds. The number of unbranched alkanes of at least 4 members (excludes halogenated alkanes) is 4. The quantitative estimate of drug-likeness (QED) is 0.0506. The molecule has 0 N–H and O–H groups in total. The van der Waals surface area contributed by atoms with E-state index in [-0.39, 0.29) is 10.8 Å². The molecule has 1 nitrogen and oxygen atoms in total. The molecule has 3 unspecified atom stereocenters. The van der Waals surface area contributed by atoms with Crippen LogP contribution in [0, 0.1) is 0 Å². The standard InChI is InChI=1S/C60H110OS2Si6/c1-23-25-27-42-59(51-34-38-55(39-35-51)64(10,11)12,49-66(16,17)46-30-44-62-67(18,19)57(3,4)5)53-32-29-33-54(48-53)60(43-28-26-24-2,52-36-40-56(41-37-52)65(13,14)15)50-69(22,61-9)47-31-45-63-68(20,21)58(6,7)8/h29,32-41,48H,23-28,30-31,42-47,49-50H2,1-22H3. The van der Waals surface area contributed by atoms with Crippen LogP contribution in [0.5, 0.6) is 0 Å². The van der Waals surface area contributed by atoms with Crippen molar-refractivity contribution in [3.8, 4) is 0 Å². The summed E-state index contributed by atoms with van der Waals surface area (Å²) < 4.78 is 7.00. The number of hydrogen-bond acceptors (Lipinski definition) is 3. The van der Waals surface area contributed by atoms with Crippen molar-refractivity contribution in [1.82, 2.24) is 0 Å². The minimum absolute atomic E-state index is 0.0365. The van der Waals surface area contributed by atoms with Crippen molar-refractivity contribution in [2.24, 2.45) is 0 Å². The zero-order valence-electron chi connectivity index (χ0n) is 49.5. The van der Waals surface area contributed by atoms with E-state index >= 15 is 0 Å². The molecule has 0 spiro atoms. The molecule has 3 rings (SSSR count). The highest BCUT2D eigenvalue weighted by atomic mass is 32.4. The van der Waals surface area contributed by atoms with Crippen LogP contribution in [0.3, 0.4) is 0 Å². The first-order chi connectivity index (χ1) is 31.6. The Balaban J connectivity index is 2.39. The minimum Gasteiger partial charge on any atom is -0.420 e. The van der Waals surface area contributed by atoms with Crippen molar-refractivity contribution in [3.05, 3.63) is 95.1 Å². The molecule has 9 heteroatoms. The molecule has 3 aromatic carbocycles. The fraction of sp³-hybridized carbons (Fsp3) is 0.700. The molecule has 0 bridgehead atoms. The predicted octanol–water partition coefficient (Wildman–Crippen LogP) is 19.7. The van der Waals surface area contributed by atoms with E-state index < -0.39 is 47.0 Å². The number of hydrogen-bond donors (Lipinski definition) is 0. The maximum absolute atomic E-state index is 7.00. The van der Waals surface area contributed by atoms with E-state index in [1.807, 2.05) is 0 Å². The Morgan fingerprint density at radius 1 is 0.449 bits per heavy atom. The topological polar surface area (TPSA) is 9.23 Å². The monoisotopic (exact) mass is 1080 g/mol. The fourth-order valence-corrected chi connectivity index (χ4v) is 29.1. The maximum Gasteiger partial charge on any atom is 0.190 e. The second-order valence-corrected chi connectivity index (χ2v) is 65.7. The van der Waals surface area contributed by atoms with Gasteiger partial charge in [-0.25, -0.2) is 0 Å². The summed E-state index contributed by atoms with van der Waals surface area (Å²) in [6.07, 6.45) is 12.5. The molecule has 0 heterocycles. The van der Waals surface area contributed by atoms with Gasteiger partial charge in [-0.1, -0.05) is 262 Å². The highest BCUT2D eigenvalue weighted by Crippen LogP contribution is 2.51. The van der Waals surface area contributed by atoms with E-state index in [1.165, 1.54) is 99.4 Å². The van der Waals surface area contributed by atoms with Gasteiger partial charge in [-0.3, -0.25) is 0 Å². The van der Waals surface area contributed by atoms with Gasteiger partial charge in [0.1, 0.15) is 14.4 Å². The molecule has 0 aliphatic rings. The van der Waals surface area contributed by atoms with Crippen molar-refractivity contribution in [2.75, 3.05) is 18.6 Å². The van der Waals surface area contributed by atoms with Crippen LogP contribution in [0.1, 0.15) is 142 Å². The Kier molecular flexibility index (Phi) is 23.2. The van der Waals surface area contributed by atoms with Gasteiger partial charge in [-0.2, -0.15) is 22.4 Å². The molecule has 392 valence electrons. The van der Waals surface area contributed by atoms with E-state index in [1.54, 1.807) is 27.1 Å². The smallest absolute Gasteiger partial charge is 0.190 e. The van der Waals surface area contributed by atoms with Crippen molar-refractivity contribution in [1.29, 1.82) is 0 Å². The summed E-state index contributed by atoms with van der Waals surface area (Å²) >= 11 is 4.65. The van der Waals surface area contributed by atoms with Gasteiger partial charge in [-0.05, 0) is 94.2 Å². The lowest BCUT2D eigenvalue weighted by Crippen LogP contribution is -2.44. The zero-order chi connectivity index (χ0) is 52.4. The van der Waals surface area contributed by atoms with Crippen molar-refractivity contribution in [3.63, 3.8) is 0 Å². The van der Waals surface area contributed by atoms with Gasteiger partial charge in [0.2, 0.25) is 0 Å². The summed E-state index contributed by atoms with van der Waals surface area (Å²) in [6.45, 7) is 53.1. The Labute approximate surface area is 444 Å². The molecule has 69 heavy (non-hydrogen) atoms. The second kappa shape index (κ2) is 25.4. The Hall–Kier alpha value is -0.379. The highest BCUT2D eigenvalue weighted by Gasteiger charge is 2.46. The lowest BCUT2D eigenvalue weighted by molar-refractivity contribution is 0.371. The van der Waals surface area contributed by atoms with E-state index in [4.69, 9.17) is 4.43 Å². The van der Waals surface area contributed by atoms with Crippen LogP contribution >= 0.6 is 22.4 Å². The molecule has 3 aromatic rings. The van der Waals surface area contributed by atoms with Crippen LogP contribution < -0.4 is 10.4 Å². The van der Waals surface area contributed by atoms with Gasteiger partial charge in [0.25, 0.3) is 0 Å². The van der Waals surface area contributed by atoms with Crippen LogP contribution in [-0.4, -0.2) is 65.6 Å². The van der Waals surface area contributed by atoms with Gasteiger partial charge < -0.3 is 4.43 Å². The molecule has 0 radical (unpaired) electrons. The van der Waals surface area contributed by atoms with Gasteiger partial charge >= 0.3 is 0 Å². The molecule has 0 saturated heterocycles. The molecule has 0 aliphatic carbocycles. The van der Waals surface area contributed by atoms with E-state index in [0.717, 1.165) is 6.04 Å². The summed E-state index contributed by atoms with van der Waals surface area (Å²) in [6, 6.07) is 36.1. The summed E-state index contributed by atoms with van der Waals surface area (Å²) in [5.74, 6) is 2.56. The van der Waals surface area contributed by atoms with Crippen LogP contribution in [0.2, 0.25) is 119 Å². The average Bonchev–Trinajstić information content (AvgIpc) is 3.25. The SMILES string of the molecule is CCCCCC(C[Si](C)(C)CCCS[Si](C)(C)C(C)(C)C)(c1ccc([Si](C)(C)C)cc1)c1cccc(C(CCCCC)(C[Si](C)(CCCS[Si](C)(C)C(C)(C)C)OC)c2ccc([Si](C)(C)C)cc2)c1. The van der Waals surface area contributed by atoms with Crippen molar-refractivity contribution >= 4 is 79.8 Å². The maximum atomic E-state index is 7.00. The Morgan fingerprint density at radius 3 is 1.17 bits per heavy atom. The molecule has 3 atom stereocenters. The van der Waals surface area contributed by atoms with Crippen molar-refractivity contribution in [2.45, 2.75) is 250 Å². The van der Waals surface area contributed by atoms with E-state index in [2.05, 4.69) is 243 Å². The van der Waals surface area contributed by atoms with Gasteiger partial charge in [-0.15, -0.1) is 0 Å². The zero-order valence-corrected chi connectivity index (χ0v) is 57.1. The largest absolute Gasteiger partial charge is 0.420 e. The number of rotatable bonds is 29. The van der Waals surface area contributed by atoms with Crippen LogP contribution in [0.4, 0.5) is 0 Å². The molecule has 0 fully saturated rings. The molecule has 0 saturated carbocycles. The summed E-state index contributed by atoms with van der Waals surface area (Å²) in [5.41, 5.74) is 6.06. The Bertz CT molecular complexity index is 1990. The van der Waals surface area contributed by atoms with Crippen LogP contribution in [0.15, 0.2) is 72.8 Å². The third-order valence-electron chi connectivity index (χ3n) is 17.3. The number of benzene rings is 3. The van der Waals surface area contributed by atoms with Gasteiger partial charge in [0.15, 0.2) is 8.32 Å². The molecular weight excluding hydrogens is 969 g/mol. The second-order valence-electron chi connectivity index (χ2n) is 27.9. The third-order valence-corrected chi connectivity index (χ3v) is 47.4. The van der Waals surface area contributed by atoms with Crippen LogP contribution in [0.25, 0.3) is 0 Å². The summed E-state index contributed by atoms with van der Waals surface area (Å²) in [7, 11) is -7.64. The summed E-state index contributed by atoms with van der Waals surface area (Å²) in [5, 5.41) is 3.94. The summed E-state index contributed by atoms with van der Waals surface area (Å²) in [4.78, 5) is 0. The van der Waals surface area contributed by atoms with Crippen LogP contribution in [-0.2, 0) is 15.3 Å². The normalized spacial score (nSPS) is 16.3. The molecule has 0 aromatic heterocycles. The van der Waals surface area contributed by atoms with Gasteiger partial charge in [0.05, 0.1) is 16.1 Å². The van der Waals surface area contributed by atoms with E-state index in [0.29, 0.717) is 10.1 Å². The molecular formula is C60H110OS2Si6. The predicted molar refractivity (Wildman–Crippen MR) is 339 cm³/mol. The Morgan fingerprint density at radius 2 is 0.826 bits per heavy atom.